The summed E-state index contributed by atoms with van der Waals surface area (Å²) in [6.07, 6.45) is 1.39. The van der Waals surface area contributed by atoms with Gasteiger partial charge in [0.2, 0.25) is 5.91 Å². The van der Waals surface area contributed by atoms with E-state index in [1.807, 2.05) is 19.1 Å². The van der Waals surface area contributed by atoms with E-state index < -0.39 is 0 Å². The average Bonchev–Trinajstić information content (AvgIpc) is 2.69. The van der Waals surface area contributed by atoms with Gasteiger partial charge in [-0.25, -0.2) is 4.98 Å². The Morgan fingerprint density at radius 1 is 1.19 bits per heavy atom. The maximum Gasteiger partial charge on any atom is 0.261 e. The molecular formula is C20H21N3O4. The van der Waals surface area contributed by atoms with Gasteiger partial charge in [0.15, 0.2) is 0 Å². The van der Waals surface area contributed by atoms with Gasteiger partial charge >= 0.3 is 0 Å². The number of amides is 1. The Morgan fingerprint density at radius 3 is 2.70 bits per heavy atom. The number of nitrogens with zero attached hydrogens (tertiary/aromatic N) is 2. The first-order chi connectivity index (χ1) is 13.0. The lowest BCUT2D eigenvalue weighted by atomic mass is 10.1. The number of hydrogen-bond acceptors (Lipinski definition) is 5. The zero-order chi connectivity index (χ0) is 19.4. The van der Waals surface area contributed by atoms with Gasteiger partial charge in [-0.15, -0.1) is 0 Å². The Hall–Kier alpha value is -3.35. The van der Waals surface area contributed by atoms with Crippen molar-refractivity contribution in [2.45, 2.75) is 19.5 Å². The molecule has 27 heavy (non-hydrogen) atoms. The van der Waals surface area contributed by atoms with Gasteiger partial charge in [-0.2, -0.15) is 0 Å². The summed E-state index contributed by atoms with van der Waals surface area (Å²) in [6.45, 7) is 1.73. The summed E-state index contributed by atoms with van der Waals surface area (Å²) >= 11 is 0. The zero-order valence-corrected chi connectivity index (χ0v) is 15.4. The Bertz CT molecular complexity index is 1030. The van der Waals surface area contributed by atoms with Crippen LogP contribution in [-0.2, 0) is 11.3 Å². The number of carbonyl (C=O) groups is 1. The number of rotatable bonds is 6. The Morgan fingerprint density at radius 2 is 1.96 bits per heavy atom. The second-order valence-corrected chi connectivity index (χ2v) is 6.09. The van der Waals surface area contributed by atoms with Crippen molar-refractivity contribution in [2.75, 3.05) is 14.2 Å². The molecule has 0 saturated carbocycles. The molecule has 7 heteroatoms. The van der Waals surface area contributed by atoms with E-state index in [4.69, 9.17) is 9.47 Å². The highest BCUT2D eigenvalue weighted by Crippen LogP contribution is 2.29. The number of aromatic nitrogens is 2. The maximum atomic E-state index is 12.5. The normalized spacial score (nSPS) is 11.8. The predicted octanol–water partition coefficient (Wildman–Crippen LogP) is 2.29. The molecule has 1 heterocycles. The predicted molar refractivity (Wildman–Crippen MR) is 102 cm³/mol. The van der Waals surface area contributed by atoms with Gasteiger partial charge in [-0.3, -0.25) is 14.2 Å². The van der Waals surface area contributed by atoms with Crippen LogP contribution in [0.3, 0.4) is 0 Å². The Balaban J connectivity index is 1.78. The van der Waals surface area contributed by atoms with Crippen LogP contribution in [0, 0.1) is 0 Å². The summed E-state index contributed by atoms with van der Waals surface area (Å²) in [6, 6.07) is 12.1. The SMILES string of the molecule is COc1ccc(OC)c([C@H](C)NC(=O)Cn2cnc3ccccc3c2=O)c1. The highest BCUT2D eigenvalue weighted by molar-refractivity contribution is 5.79. The van der Waals surface area contributed by atoms with E-state index >= 15 is 0 Å². The monoisotopic (exact) mass is 367 g/mol. The fourth-order valence-corrected chi connectivity index (χ4v) is 2.92. The molecule has 7 nitrogen and oxygen atoms in total. The van der Waals surface area contributed by atoms with E-state index in [0.717, 1.165) is 5.56 Å². The highest BCUT2D eigenvalue weighted by Gasteiger charge is 2.16. The van der Waals surface area contributed by atoms with Crippen molar-refractivity contribution in [3.63, 3.8) is 0 Å². The van der Waals surface area contributed by atoms with Crippen LogP contribution in [-0.4, -0.2) is 29.7 Å². The molecule has 1 N–H and O–H groups in total. The van der Waals surface area contributed by atoms with Crippen LogP contribution >= 0.6 is 0 Å². The molecule has 3 rings (SSSR count). The van der Waals surface area contributed by atoms with Crippen molar-refractivity contribution in [3.8, 4) is 11.5 Å². The second-order valence-electron chi connectivity index (χ2n) is 6.09. The standard InChI is InChI=1S/C20H21N3O4/c1-13(16-10-14(26-2)8-9-18(16)27-3)22-19(24)11-23-12-21-17-7-5-4-6-15(17)20(23)25/h4-10,12-13H,11H2,1-3H3,(H,22,24)/t13-/m0/s1. The molecule has 2 aromatic carbocycles. The minimum Gasteiger partial charge on any atom is -0.497 e. The van der Waals surface area contributed by atoms with Crippen molar-refractivity contribution >= 4 is 16.8 Å². The third-order valence-corrected chi connectivity index (χ3v) is 4.33. The van der Waals surface area contributed by atoms with E-state index in [1.54, 1.807) is 44.6 Å². The number of ether oxygens (including phenoxy) is 2. The minimum atomic E-state index is -0.327. The molecule has 0 unspecified atom stereocenters. The van der Waals surface area contributed by atoms with Crippen molar-refractivity contribution in [3.05, 3.63) is 64.7 Å². The first-order valence-corrected chi connectivity index (χ1v) is 8.49. The van der Waals surface area contributed by atoms with E-state index in [9.17, 15) is 9.59 Å². The highest BCUT2D eigenvalue weighted by atomic mass is 16.5. The zero-order valence-electron chi connectivity index (χ0n) is 15.4. The lowest BCUT2D eigenvalue weighted by molar-refractivity contribution is -0.122. The van der Waals surface area contributed by atoms with Gasteiger partial charge in [0.25, 0.3) is 5.56 Å². The first kappa shape index (κ1) is 18.4. The largest absolute Gasteiger partial charge is 0.497 e. The summed E-state index contributed by atoms with van der Waals surface area (Å²) in [7, 11) is 3.15. The number of benzene rings is 2. The Kier molecular flexibility index (Phi) is 5.40. The molecule has 1 atom stereocenters. The molecule has 0 aliphatic heterocycles. The van der Waals surface area contributed by atoms with Crippen LogP contribution in [0.2, 0.25) is 0 Å². The van der Waals surface area contributed by atoms with Gasteiger partial charge in [-0.05, 0) is 37.3 Å². The van der Waals surface area contributed by atoms with Crippen LogP contribution < -0.4 is 20.3 Å². The van der Waals surface area contributed by atoms with Gasteiger partial charge < -0.3 is 14.8 Å². The fraction of sp³-hybridized carbons (Fsp3) is 0.250. The molecule has 0 radical (unpaired) electrons. The molecule has 3 aromatic rings. The van der Waals surface area contributed by atoms with Gasteiger partial charge in [0.05, 0.1) is 37.5 Å². The van der Waals surface area contributed by atoms with Gasteiger partial charge in [0, 0.05) is 5.56 Å². The molecule has 0 saturated heterocycles. The van der Waals surface area contributed by atoms with Crippen LogP contribution in [0.5, 0.6) is 11.5 Å². The van der Waals surface area contributed by atoms with Gasteiger partial charge in [0.1, 0.15) is 18.0 Å². The third kappa shape index (κ3) is 3.92. The van der Waals surface area contributed by atoms with Crippen LogP contribution in [0.25, 0.3) is 10.9 Å². The molecular weight excluding hydrogens is 346 g/mol. The number of carbonyl (C=O) groups excluding carboxylic acids is 1. The van der Waals surface area contributed by atoms with E-state index in [-0.39, 0.29) is 24.1 Å². The number of methoxy groups -OCH3 is 2. The lowest BCUT2D eigenvalue weighted by Gasteiger charge is -2.18. The minimum absolute atomic E-state index is 0.118. The number of fused-ring (bicyclic) bond motifs is 1. The molecule has 0 aliphatic rings. The maximum absolute atomic E-state index is 12.5. The van der Waals surface area contributed by atoms with Crippen molar-refractivity contribution < 1.29 is 14.3 Å². The quantitative estimate of drug-likeness (QED) is 0.723. The topological polar surface area (TPSA) is 82.4 Å². The number of nitrogens with one attached hydrogen (secondary N) is 1. The van der Waals surface area contributed by atoms with Crippen LogP contribution in [0.4, 0.5) is 0 Å². The molecule has 0 fully saturated rings. The summed E-state index contributed by atoms with van der Waals surface area (Å²) in [5.74, 6) is 1.02. The van der Waals surface area contributed by atoms with E-state index in [2.05, 4.69) is 10.3 Å². The summed E-state index contributed by atoms with van der Waals surface area (Å²) in [4.78, 5) is 29.2. The van der Waals surface area contributed by atoms with E-state index in [0.29, 0.717) is 22.4 Å². The first-order valence-electron chi connectivity index (χ1n) is 8.49. The molecule has 140 valence electrons. The van der Waals surface area contributed by atoms with Crippen molar-refractivity contribution in [2.24, 2.45) is 0 Å². The van der Waals surface area contributed by atoms with Crippen molar-refractivity contribution in [1.29, 1.82) is 0 Å². The number of hydrogen-bond donors (Lipinski definition) is 1. The summed E-state index contributed by atoms with van der Waals surface area (Å²) < 4.78 is 11.9. The molecule has 1 aromatic heterocycles. The molecule has 1 amide bonds. The molecule has 0 aliphatic carbocycles. The van der Waals surface area contributed by atoms with E-state index in [1.165, 1.54) is 10.9 Å². The molecule has 0 bridgehead atoms. The average molecular weight is 367 g/mol. The lowest BCUT2D eigenvalue weighted by Crippen LogP contribution is -2.34. The van der Waals surface area contributed by atoms with Crippen molar-refractivity contribution in [1.82, 2.24) is 14.9 Å². The third-order valence-electron chi connectivity index (χ3n) is 4.33. The Labute approximate surface area is 156 Å². The second kappa shape index (κ2) is 7.90. The van der Waals surface area contributed by atoms with Gasteiger partial charge in [-0.1, -0.05) is 12.1 Å². The van der Waals surface area contributed by atoms with Crippen LogP contribution in [0.1, 0.15) is 18.5 Å². The van der Waals surface area contributed by atoms with Crippen LogP contribution in [0.15, 0.2) is 53.6 Å². The smallest absolute Gasteiger partial charge is 0.261 e. The fourth-order valence-electron chi connectivity index (χ4n) is 2.92. The summed E-state index contributed by atoms with van der Waals surface area (Å²) in [5, 5.41) is 3.37. The summed E-state index contributed by atoms with van der Waals surface area (Å²) in [5.41, 5.74) is 1.14. The number of para-hydroxylation sites is 1. The molecule has 0 spiro atoms.